The Morgan fingerprint density at radius 1 is 1.53 bits per heavy atom. The molecule has 1 fully saturated rings. The van der Waals surface area contributed by atoms with Gasteiger partial charge in [-0.3, -0.25) is 4.90 Å². The molecule has 0 aliphatic carbocycles. The van der Waals surface area contributed by atoms with Gasteiger partial charge in [0.1, 0.15) is 5.75 Å². The molecule has 1 aliphatic heterocycles. The van der Waals surface area contributed by atoms with E-state index < -0.39 is 12.1 Å². The predicted molar refractivity (Wildman–Crippen MR) is 70.3 cm³/mol. The van der Waals surface area contributed by atoms with Crippen molar-refractivity contribution in [2.24, 2.45) is 0 Å². The molecule has 1 N–H and O–H groups in total. The first kappa shape index (κ1) is 13.8. The first-order chi connectivity index (χ1) is 9.20. The summed E-state index contributed by atoms with van der Waals surface area (Å²) >= 11 is 0. The van der Waals surface area contributed by atoms with E-state index in [1.165, 1.54) is 0 Å². The molecular weight excluding hydrogens is 246 g/mol. The van der Waals surface area contributed by atoms with E-state index in [0.717, 1.165) is 17.9 Å². The van der Waals surface area contributed by atoms with Crippen LogP contribution in [0.2, 0.25) is 0 Å². The van der Waals surface area contributed by atoms with Crippen LogP contribution in [-0.4, -0.2) is 48.4 Å². The van der Waals surface area contributed by atoms with Crippen LogP contribution in [0.4, 0.5) is 0 Å². The number of rotatable bonds is 5. The number of hydrogen-bond acceptors (Lipinski definition) is 4. The minimum atomic E-state index is -0.900. The van der Waals surface area contributed by atoms with Gasteiger partial charge >= 0.3 is 5.97 Å². The van der Waals surface area contributed by atoms with Crippen LogP contribution in [0.3, 0.4) is 0 Å². The summed E-state index contributed by atoms with van der Waals surface area (Å²) in [6, 6.07) is 7.85. The second-order valence-electron chi connectivity index (χ2n) is 4.47. The van der Waals surface area contributed by atoms with Gasteiger partial charge in [0.25, 0.3) is 0 Å². The number of nitrogens with zero attached hydrogens (tertiary/aromatic N) is 1. The Labute approximate surface area is 112 Å². The van der Waals surface area contributed by atoms with Crippen molar-refractivity contribution in [1.82, 2.24) is 4.90 Å². The van der Waals surface area contributed by atoms with Crippen LogP contribution in [0.1, 0.15) is 12.5 Å². The summed E-state index contributed by atoms with van der Waals surface area (Å²) in [5.74, 6) is -0.0360. The smallest absolute Gasteiger partial charge is 0.334 e. The van der Waals surface area contributed by atoms with Gasteiger partial charge in [0.15, 0.2) is 6.10 Å². The van der Waals surface area contributed by atoms with Crippen LogP contribution in [0.25, 0.3) is 0 Å². The van der Waals surface area contributed by atoms with E-state index in [2.05, 4.69) is 4.90 Å². The van der Waals surface area contributed by atoms with Crippen LogP contribution in [0.15, 0.2) is 24.3 Å². The summed E-state index contributed by atoms with van der Waals surface area (Å²) < 4.78 is 10.8. The lowest BCUT2D eigenvalue weighted by Gasteiger charge is -2.31. The molecule has 0 radical (unpaired) electrons. The number of hydrogen-bond donors (Lipinski definition) is 1. The summed E-state index contributed by atoms with van der Waals surface area (Å²) in [5, 5.41) is 8.98. The number of carboxylic acids is 1. The zero-order chi connectivity index (χ0) is 13.7. The predicted octanol–water partition coefficient (Wildman–Crippen LogP) is 1.37. The maximum atomic E-state index is 10.9. The molecule has 5 nitrogen and oxygen atoms in total. The number of benzene rings is 1. The average molecular weight is 265 g/mol. The molecule has 1 atom stereocenters. The number of aliphatic carboxylic acids is 1. The Balaban J connectivity index is 2.02. The lowest BCUT2D eigenvalue weighted by molar-refractivity contribution is -0.156. The summed E-state index contributed by atoms with van der Waals surface area (Å²) in [6.07, 6.45) is -0.729. The van der Waals surface area contributed by atoms with E-state index in [4.69, 9.17) is 14.6 Å². The van der Waals surface area contributed by atoms with Gasteiger partial charge in [-0.1, -0.05) is 18.2 Å². The highest BCUT2D eigenvalue weighted by Gasteiger charge is 2.26. The van der Waals surface area contributed by atoms with Gasteiger partial charge in [0.05, 0.1) is 13.2 Å². The first-order valence-corrected chi connectivity index (χ1v) is 6.48. The Morgan fingerprint density at radius 2 is 2.32 bits per heavy atom. The molecule has 1 heterocycles. The van der Waals surface area contributed by atoms with Crippen molar-refractivity contribution in [2.45, 2.75) is 19.6 Å². The quantitative estimate of drug-likeness (QED) is 0.871. The molecular formula is C14H19NO4. The molecule has 104 valence electrons. The van der Waals surface area contributed by atoms with Crippen molar-refractivity contribution < 1.29 is 19.4 Å². The number of para-hydroxylation sites is 1. The zero-order valence-corrected chi connectivity index (χ0v) is 11.0. The minimum Gasteiger partial charge on any atom is -0.494 e. The van der Waals surface area contributed by atoms with Crippen LogP contribution >= 0.6 is 0 Å². The Bertz CT molecular complexity index is 435. The summed E-state index contributed by atoms with van der Waals surface area (Å²) in [4.78, 5) is 13.0. The molecule has 1 aromatic carbocycles. The van der Waals surface area contributed by atoms with Gasteiger partial charge in [0.2, 0.25) is 0 Å². The first-order valence-electron chi connectivity index (χ1n) is 6.48. The van der Waals surface area contributed by atoms with Gasteiger partial charge in [-0.05, 0) is 13.0 Å². The summed E-state index contributed by atoms with van der Waals surface area (Å²) in [7, 11) is 0. The molecule has 5 heteroatoms. The van der Waals surface area contributed by atoms with Crippen molar-refractivity contribution in [1.29, 1.82) is 0 Å². The lowest BCUT2D eigenvalue weighted by Crippen LogP contribution is -2.45. The lowest BCUT2D eigenvalue weighted by atomic mass is 10.1. The third-order valence-corrected chi connectivity index (χ3v) is 3.09. The second-order valence-corrected chi connectivity index (χ2v) is 4.47. The van der Waals surface area contributed by atoms with E-state index in [1.54, 1.807) is 0 Å². The number of ether oxygens (including phenoxy) is 2. The van der Waals surface area contributed by atoms with Gasteiger partial charge < -0.3 is 14.6 Å². The molecule has 1 aliphatic rings. The van der Waals surface area contributed by atoms with Crippen LogP contribution in [-0.2, 0) is 16.1 Å². The van der Waals surface area contributed by atoms with E-state index in [-0.39, 0.29) is 0 Å². The molecule has 1 aromatic rings. The monoisotopic (exact) mass is 265 g/mol. The number of morpholine rings is 1. The van der Waals surface area contributed by atoms with Gasteiger partial charge in [0, 0.05) is 25.2 Å². The molecule has 0 saturated carbocycles. The van der Waals surface area contributed by atoms with Crippen LogP contribution in [0.5, 0.6) is 5.75 Å². The van der Waals surface area contributed by atoms with Crippen molar-refractivity contribution in [2.75, 3.05) is 26.3 Å². The Morgan fingerprint density at radius 3 is 3.05 bits per heavy atom. The van der Waals surface area contributed by atoms with E-state index in [1.807, 2.05) is 31.2 Å². The highest BCUT2D eigenvalue weighted by atomic mass is 16.5. The SMILES string of the molecule is CCOc1ccccc1CN1CCOC(C(=O)O)C1. The molecule has 0 aromatic heterocycles. The number of carboxylic acid groups (broad SMARTS) is 1. The van der Waals surface area contributed by atoms with Gasteiger partial charge in [-0.2, -0.15) is 0 Å². The Hall–Kier alpha value is -1.59. The van der Waals surface area contributed by atoms with Crippen molar-refractivity contribution in [3.05, 3.63) is 29.8 Å². The highest BCUT2D eigenvalue weighted by molar-refractivity contribution is 5.72. The normalized spacial score (nSPS) is 20.2. The minimum absolute atomic E-state index is 0.412. The fraction of sp³-hybridized carbons (Fsp3) is 0.500. The summed E-state index contributed by atoms with van der Waals surface area (Å²) in [6.45, 7) is 4.86. The fourth-order valence-electron chi connectivity index (χ4n) is 2.17. The van der Waals surface area contributed by atoms with Gasteiger partial charge in [-0.15, -0.1) is 0 Å². The topological polar surface area (TPSA) is 59.0 Å². The summed E-state index contributed by atoms with van der Waals surface area (Å²) in [5.41, 5.74) is 1.08. The average Bonchev–Trinajstić information content (AvgIpc) is 2.41. The molecule has 2 rings (SSSR count). The van der Waals surface area contributed by atoms with E-state index in [0.29, 0.717) is 26.3 Å². The number of carbonyl (C=O) groups is 1. The largest absolute Gasteiger partial charge is 0.494 e. The van der Waals surface area contributed by atoms with Crippen molar-refractivity contribution in [3.8, 4) is 5.75 Å². The standard InChI is InChI=1S/C14H19NO4/c1-2-18-12-6-4-3-5-11(12)9-15-7-8-19-13(10-15)14(16)17/h3-6,13H,2,7-10H2,1H3,(H,16,17). The van der Waals surface area contributed by atoms with Crippen molar-refractivity contribution in [3.63, 3.8) is 0 Å². The third kappa shape index (κ3) is 3.68. The molecule has 19 heavy (non-hydrogen) atoms. The van der Waals surface area contributed by atoms with Crippen molar-refractivity contribution >= 4 is 5.97 Å². The molecule has 1 unspecified atom stereocenters. The zero-order valence-electron chi connectivity index (χ0n) is 11.0. The van der Waals surface area contributed by atoms with Crippen LogP contribution in [0, 0.1) is 0 Å². The second kappa shape index (κ2) is 6.54. The van der Waals surface area contributed by atoms with E-state index in [9.17, 15) is 4.79 Å². The van der Waals surface area contributed by atoms with Crippen LogP contribution < -0.4 is 4.74 Å². The maximum Gasteiger partial charge on any atom is 0.334 e. The molecule has 0 spiro atoms. The van der Waals surface area contributed by atoms with Gasteiger partial charge in [-0.25, -0.2) is 4.79 Å². The Kier molecular flexibility index (Phi) is 4.76. The highest BCUT2D eigenvalue weighted by Crippen LogP contribution is 2.21. The third-order valence-electron chi connectivity index (χ3n) is 3.09. The molecule has 0 amide bonds. The fourth-order valence-corrected chi connectivity index (χ4v) is 2.17. The molecule has 1 saturated heterocycles. The maximum absolute atomic E-state index is 10.9. The molecule has 0 bridgehead atoms. The van der Waals surface area contributed by atoms with E-state index >= 15 is 0 Å².